The Hall–Kier alpha value is -0.517. The van der Waals surface area contributed by atoms with Gasteiger partial charge in [0, 0.05) is 112 Å². The molecule has 0 spiro atoms. The van der Waals surface area contributed by atoms with Crippen molar-refractivity contribution in [2.24, 2.45) is 22.7 Å². The monoisotopic (exact) mass is 1210 g/mol. The van der Waals surface area contributed by atoms with Gasteiger partial charge in [-0.15, -0.1) is 0 Å². The van der Waals surface area contributed by atoms with Crippen molar-refractivity contribution in [1.29, 1.82) is 0 Å². The number of fused-ring (bicyclic) bond motifs is 5. The van der Waals surface area contributed by atoms with Crippen LogP contribution in [0.15, 0.2) is 41.5 Å². The summed E-state index contributed by atoms with van der Waals surface area (Å²) in [6, 6.07) is 6.80. The largest absolute Gasteiger partial charge is 0.456 e. The minimum Gasteiger partial charge on any atom is -0.456 e. The van der Waals surface area contributed by atoms with Gasteiger partial charge in [0.1, 0.15) is 35.6 Å². The van der Waals surface area contributed by atoms with E-state index in [9.17, 15) is 44.7 Å². The van der Waals surface area contributed by atoms with Gasteiger partial charge >= 0.3 is 18.0 Å². The van der Waals surface area contributed by atoms with Gasteiger partial charge in [-0.1, -0.05) is 52.3 Å². The molecule has 4 fully saturated rings. The number of rotatable bonds is 8. The van der Waals surface area contributed by atoms with Gasteiger partial charge in [-0.05, 0) is 68.7 Å². The van der Waals surface area contributed by atoms with Crippen LogP contribution < -0.4 is 5.32 Å². The Morgan fingerprint density at radius 3 is 2.14 bits per heavy atom. The maximum Gasteiger partial charge on any atom is 0.407 e. The van der Waals surface area contributed by atoms with Crippen LogP contribution in [-0.4, -0.2) is 116 Å². The fraction of sp³-hybridized carbons (Fsp3) is 0.700. The Morgan fingerprint density at radius 2 is 1.57 bits per heavy atom. The van der Waals surface area contributed by atoms with E-state index in [4.69, 9.17) is 18.9 Å². The first-order valence-electron chi connectivity index (χ1n) is 19.1. The predicted octanol–water partition coefficient (Wildman–Crippen LogP) is 2.51. The Kier molecular flexibility index (Phi) is 15.7. The zero-order chi connectivity index (χ0) is 39.5. The molecule has 1 aliphatic heterocycles. The Labute approximate surface area is 399 Å². The van der Waals surface area contributed by atoms with Gasteiger partial charge in [-0.25, -0.2) is 14.4 Å². The van der Waals surface area contributed by atoms with Gasteiger partial charge in [0.05, 0.1) is 35.8 Å². The van der Waals surface area contributed by atoms with Crippen molar-refractivity contribution < 1.29 is 152 Å². The topological polar surface area (TPSA) is 218 Å². The fourth-order valence-electron chi connectivity index (χ4n) is 9.85. The first-order chi connectivity index (χ1) is 25.3. The first-order valence-corrected chi connectivity index (χ1v) is 19.1. The number of esters is 2. The van der Waals surface area contributed by atoms with Crippen LogP contribution in [0.25, 0.3) is 0 Å². The van der Waals surface area contributed by atoms with Crippen LogP contribution in [0.4, 0.5) is 4.79 Å². The third-order valence-electron chi connectivity index (χ3n) is 13.3. The number of ether oxygens (including phenoxy) is 4. The molecule has 14 nitrogen and oxygen atoms in total. The van der Waals surface area contributed by atoms with Gasteiger partial charge in [0.15, 0.2) is 11.9 Å². The van der Waals surface area contributed by atoms with Crippen LogP contribution in [0.5, 0.6) is 0 Å². The molecule has 16 heteroatoms. The molecule has 2 bridgehead atoms. The number of nitrogens with one attached hydrogen (secondary N) is 1. The van der Waals surface area contributed by atoms with Crippen molar-refractivity contribution in [3.8, 4) is 0 Å². The summed E-state index contributed by atoms with van der Waals surface area (Å²) in [7, 11) is 0. The third-order valence-corrected chi connectivity index (χ3v) is 13.3. The van der Waals surface area contributed by atoms with E-state index in [1.807, 2.05) is 0 Å². The number of benzene rings is 1. The maximum atomic E-state index is 14.7. The molecule has 6 rings (SSSR count). The molecule has 6 N–H and O–H groups in total. The molecular weight excluding hydrogens is 1160 g/mol. The standard InChI is InChI=1S/C40H55NO13.2Ac/c1-20(2)28(41-36(48)52-23-15-11-8-12-16-23)30(44)35(47)53-24-18-40(50)33(54-34(46)22-13-9-7-10-14-22)31-38(6,25(42)17-26-39(31,49)19-51-26)32(45)29(43)27(21(24)3)37(40,4)5;;/h7,9-10,13-14,20,23-26,28-31,33,42-44,49-50H,8,11-12,15-19H2,1-6H3,(H,41,48);;/t24?,25?,26?,28?,29?,30?,31?,33?,38-,39+,40?;;/m1../s1. The van der Waals surface area contributed by atoms with E-state index in [0.29, 0.717) is 0 Å². The summed E-state index contributed by atoms with van der Waals surface area (Å²) in [5, 5.41) is 63.0. The van der Waals surface area contributed by atoms with Crippen LogP contribution in [0, 0.1) is 111 Å². The van der Waals surface area contributed by atoms with Gasteiger partial charge in [-0.2, -0.15) is 0 Å². The molecule has 5 aliphatic rings. The second-order valence-corrected chi connectivity index (χ2v) is 17.1. The van der Waals surface area contributed by atoms with E-state index in [1.165, 1.54) is 26.0 Å². The molecule has 4 aliphatic carbocycles. The van der Waals surface area contributed by atoms with Crippen molar-refractivity contribution in [1.82, 2.24) is 5.32 Å². The van der Waals surface area contributed by atoms with Crippen LogP contribution in [0.3, 0.4) is 0 Å². The number of carbonyl (C=O) groups excluding carboxylic acids is 4. The number of hydrogen-bond donors (Lipinski definition) is 6. The van der Waals surface area contributed by atoms with Crippen LogP contribution in [0.2, 0.25) is 0 Å². The average molecular weight is 1210 g/mol. The number of hydrogen-bond acceptors (Lipinski definition) is 13. The summed E-state index contributed by atoms with van der Waals surface area (Å²) in [5.74, 6) is -4.88. The van der Waals surface area contributed by atoms with Crippen molar-refractivity contribution in [2.75, 3.05) is 6.61 Å². The number of Topliss-reactive ketones (excluding diaryl/α,β-unsaturated/α-hetero) is 1. The number of aliphatic hydroxyl groups excluding tert-OH is 3. The van der Waals surface area contributed by atoms with Crippen molar-refractivity contribution in [3.63, 3.8) is 0 Å². The van der Waals surface area contributed by atoms with Crippen molar-refractivity contribution >= 4 is 23.8 Å². The second-order valence-electron chi connectivity index (χ2n) is 17.1. The SMILES string of the molecule is CC1=C2C(O)C(=O)[C@]3(C)C(O)CC4OC[C@@]4(O)C3C(OC(=O)c3ccccc3)C(O)(CC1OC(=O)C(O)C(NC(=O)OC1CCCCC1)C(C)C)C2(C)C.[Ac].[Ac]. The summed E-state index contributed by atoms with van der Waals surface area (Å²) in [4.78, 5) is 55.2. The van der Waals surface area contributed by atoms with E-state index in [0.717, 1.165) is 32.1 Å². The van der Waals surface area contributed by atoms with E-state index in [1.54, 1.807) is 45.9 Å². The molecule has 2 radical (unpaired) electrons. The molecule has 1 aromatic rings. The quantitative estimate of drug-likeness (QED) is 0.126. The molecular formula is C40H55Ac2NO13. The second kappa shape index (κ2) is 18.2. The van der Waals surface area contributed by atoms with Crippen molar-refractivity contribution in [3.05, 3.63) is 47.0 Å². The van der Waals surface area contributed by atoms with E-state index >= 15 is 0 Å². The van der Waals surface area contributed by atoms with Gasteiger partial charge in [0.2, 0.25) is 0 Å². The van der Waals surface area contributed by atoms with E-state index < -0.39 is 107 Å². The molecule has 0 aromatic heterocycles. The molecule has 1 aromatic carbocycles. The Balaban J connectivity index is 0.00000348. The van der Waals surface area contributed by atoms with E-state index in [2.05, 4.69) is 5.32 Å². The summed E-state index contributed by atoms with van der Waals surface area (Å²) in [6.45, 7) is 9.15. The summed E-state index contributed by atoms with van der Waals surface area (Å²) in [5.41, 5.74) is -7.37. The molecule has 304 valence electrons. The third kappa shape index (κ3) is 8.27. The van der Waals surface area contributed by atoms with Crippen LogP contribution in [-0.2, 0) is 28.5 Å². The number of ketones is 1. The molecule has 56 heavy (non-hydrogen) atoms. The fourth-order valence-corrected chi connectivity index (χ4v) is 9.85. The first kappa shape index (κ1) is 48.2. The van der Waals surface area contributed by atoms with Crippen LogP contribution in [0.1, 0.15) is 96.8 Å². The number of aliphatic hydroxyl groups is 5. The number of alkyl carbamates (subject to hydrolysis) is 1. The normalized spacial score (nSPS) is 36.0. The Morgan fingerprint density at radius 1 is 0.946 bits per heavy atom. The molecule has 3 saturated carbocycles. The predicted molar refractivity (Wildman–Crippen MR) is 191 cm³/mol. The van der Waals surface area contributed by atoms with Crippen molar-refractivity contribution in [2.45, 2.75) is 146 Å². The van der Waals surface area contributed by atoms with Gasteiger partial charge < -0.3 is 49.8 Å². The summed E-state index contributed by atoms with van der Waals surface area (Å²) >= 11 is 0. The molecule has 9 unspecified atom stereocenters. The number of carbonyl (C=O) groups is 4. The number of amides is 1. The van der Waals surface area contributed by atoms with E-state index in [-0.39, 0.29) is 124 Å². The smallest absolute Gasteiger partial charge is 0.407 e. The maximum absolute atomic E-state index is 14.7. The summed E-state index contributed by atoms with van der Waals surface area (Å²) in [6.07, 6.45) is -6.72. The molecule has 1 amide bonds. The van der Waals surface area contributed by atoms with Gasteiger partial charge in [-0.3, -0.25) is 4.79 Å². The molecule has 11 atom stereocenters. The Bertz CT molecular complexity index is 1670. The molecule has 1 heterocycles. The molecule has 1 saturated heterocycles. The average Bonchev–Trinajstić information content (AvgIpc) is 3.12. The van der Waals surface area contributed by atoms with Crippen LogP contribution >= 0.6 is 0 Å². The minimum absolute atomic E-state index is 0. The zero-order valence-corrected chi connectivity index (χ0v) is 42.5. The zero-order valence-electron chi connectivity index (χ0n) is 33.0. The minimum atomic E-state index is -2.28. The van der Waals surface area contributed by atoms with Gasteiger partial charge in [0.25, 0.3) is 0 Å². The summed E-state index contributed by atoms with van der Waals surface area (Å²) < 4.78 is 23.3.